The molecule has 1 aliphatic heterocycles. The van der Waals surface area contributed by atoms with Gasteiger partial charge in [-0.3, -0.25) is 0 Å². The SMILES string of the molecule is C#CC12CCC(O)CC1=CCC1C2CCC2(C)C1CCC2[C@@](C)(O)CCCC1(C)N=N1. The highest BCUT2D eigenvalue weighted by molar-refractivity contribution is 5.35. The fourth-order valence-corrected chi connectivity index (χ4v) is 8.72. The third kappa shape index (κ3) is 3.34. The number of hydrogen-bond donors (Lipinski definition) is 2. The topological polar surface area (TPSA) is 65.2 Å². The minimum absolute atomic E-state index is 0.128. The normalized spacial score (nSPS) is 46.7. The lowest BCUT2D eigenvalue weighted by Gasteiger charge is -2.58. The summed E-state index contributed by atoms with van der Waals surface area (Å²) < 4.78 is 0. The Kier molecular flexibility index (Phi) is 5.00. The van der Waals surface area contributed by atoms with Crippen LogP contribution in [0.2, 0.25) is 0 Å². The minimum atomic E-state index is -0.629. The Labute approximate surface area is 188 Å². The number of nitrogens with zero attached hydrogens (tertiary/aromatic N) is 2. The van der Waals surface area contributed by atoms with Crippen LogP contribution >= 0.6 is 0 Å². The Morgan fingerprint density at radius 1 is 1.16 bits per heavy atom. The van der Waals surface area contributed by atoms with E-state index in [9.17, 15) is 10.2 Å². The van der Waals surface area contributed by atoms with Crippen LogP contribution < -0.4 is 0 Å². The molecule has 4 aliphatic carbocycles. The van der Waals surface area contributed by atoms with Crippen molar-refractivity contribution in [3.63, 3.8) is 0 Å². The molecule has 7 unspecified atom stereocenters. The lowest BCUT2D eigenvalue weighted by atomic mass is 9.46. The van der Waals surface area contributed by atoms with Gasteiger partial charge in [0.1, 0.15) is 0 Å². The maximum atomic E-state index is 11.6. The Morgan fingerprint density at radius 3 is 2.65 bits per heavy atom. The molecular formula is C27H40N2O2. The van der Waals surface area contributed by atoms with Crippen LogP contribution in [0.5, 0.6) is 0 Å². The predicted molar refractivity (Wildman–Crippen MR) is 122 cm³/mol. The van der Waals surface area contributed by atoms with Crippen molar-refractivity contribution in [2.75, 3.05) is 0 Å². The fourth-order valence-electron chi connectivity index (χ4n) is 8.72. The Hall–Kier alpha value is -1.18. The van der Waals surface area contributed by atoms with Crippen LogP contribution in [-0.4, -0.2) is 27.6 Å². The van der Waals surface area contributed by atoms with Crippen LogP contribution in [0.3, 0.4) is 0 Å². The average Bonchev–Trinajstić information content (AvgIpc) is 3.33. The molecule has 3 fully saturated rings. The van der Waals surface area contributed by atoms with Gasteiger partial charge in [-0.1, -0.05) is 24.5 Å². The van der Waals surface area contributed by atoms with Gasteiger partial charge in [-0.25, -0.2) is 0 Å². The van der Waals surface area contributed by atoms with Crippen molar-refractivity contribution in [1.82, 2.24) is 0 Å². The molecule has 0 radical (unpaired) electrons. The van der Waals surface area contributed by atoms with Gasteiger partial charge in [0.05, 0.1) is 17.1 Å². The molecule has 5 aliphatic rings. The molecule has 0 spiro atoms. The van der Waals surface area contributed by atoms with Gasteiger partial charge < -0.3 is 10.2 Å². The molecule has 8 atom stereocenters. The van der Waals surface area contributed by atoms with E-state index < -0.39 is 5.60 Å². The predicted octanol–water partition coefficient (Wildman–Crippen LogP) is 5.64. The number of aliphatic hydroxyl groups is 2. The van der Waals surface area contributed by atoms with Crippen molar-refractivity contribution in [2.45, 2.75) is 109 Å². The molecule has 0 aromatic rings. The smallest absolute Gasteiger partial charge is 0.188 e. The van der Waals surface area contributed by atoms with Crippen molar-refractivity contribution in [3.8, 4) is 12.3 Å². The molecule has 0 saturated heterocycles. The monoisotopic (exact) mass is 424 g/mol. The van der Waals surface area contributed by atoms with Crippen molar-refractivity contribution in [1.29, 1.82) is 0 Å². The molecule has 0 bridgehead atoms. The second kappa shape index (κ2) is 7.16. The molecule has 31 heavy (non-hydrogen) atoms. The molecule has 170 valence electrons. The van der Waals surface area contributed by atoms with Crippen LogP contribution in [0.4, 0.5) is 0 Å². The highest BCUT2D eigenvalue weighted by Crippen LogP contribution is 2.67. The fraction of sp³-hybridized carbons (Fsp3) is 0.852. The number of terminal acetylenes is 1. The highest BCUT2D eigenvalue weighted by Gasteiger charge is 2.61. The van der Waals surface area contributed by atoms with Crippen molar-refractivity contribution < 1.29 is 10.2 Å². The summed E-state index contributed by atoms with van der Waals surface area (Å²) in [6, 6.07) is 0. The van der Waals surface area contributed by atoms with Gasteiger partial charge in [-0.15, -0.1) is 6.42 Å². The first kappa shape index (κ1) is 21.7. The molecule has 0 aromatic carbocycles. The Balaban J connectivity index is 1.35. The lowest BCUT2D eigenvalue weighted by Crippen LogP contribution is -2.53. The maximum absolute atomic E-state index is 11.6. The number of fused-ring (bicyclic) bond motifs is 5. The lowest BCUT2D eigenvalue weighted by molar-refractivity contribution is -0.101. The summed E-state index contributed by atoms with van der Waals surface area (Å²) in [5.41, 5.74) is 0.620. The summed E-state index contributed by atoms with van der Waals surface area (Å²) in [5.74, 6) is 5.44. The van der Waals surface area contributed by atoms with Gasteiger partial charge in [0, 0.05) is 0 Å². The Morgan fingerprint density at radius 2 is 1.94 bits per heavy atom. The van der Waals surface area contributed by atoms with Gasteiger partial charge in [0.25, 0.3) is 0 Å². The number of allylic oxidation sites excluding steroid dienone is 1. The first-order chi connectivity index (χ1) is 14.6. The maximum Gasteiger partial charge on any atom is 0.188 e. The van der Waals surface area contributed by atoms with E-state index in [2.05, 4.69) is 43.0 Å². The summed E-state index contributed by atoms with van der Waals surface area (Å²) in [6.07, 6.45) is 19.5. The first-order valence-corrected chi connectivity index (χ1v) is 12.7. The zero-order valence-corrected chi connectivity index (χ0v) is 19.6. The van der Waals surface area contributed by atoms with Crippen molar-refractivity contribution in [2.24, 2.45) is 44.7 Å². The quantitative estimate of drug-likeness (QED) is 0.443. The summed E-state index contributed by atoms with van der Waals surface area (Å²) in [7, 11) is 0. The largest absolute Gasteiger partial charge is 0.393 e. The second-order valence-electron chi connectivity index (χ2n) is 12.2. The molecule has 5 rings (SSSR count). The van der Waals surface area contributed by atoms with Gasteiger partial charge in [0.15, 0.2) is 5.66 Å². The van der Waals surface area contributed by atoms with E-state index in [1.807, 2.05) is 0 Å². The van der Waals surface area contributed by atoms with Gasteiger partial charge in [-0.2, -0.15) is 10.2 Å². The van der Waals surface area contributed by atoms with E-state index in [0.29, 0.717) is 23.7 Å². The second-order valence-corrected chi connectivity index (χ2v) is 12.2. The molecule has 1 heterocycles. The minimum Gasteiger partial charge on any atom is -0.393 e. The number of aliphatic hydroxyl groups excluding tert-OH is 1. The highest BCUT2D eigenvalue weighted by atomic mass is 16.3. The van der Waals surface area contributed by atoms with E-state index >= 15 is 0 Å². The van der Waals surface area contributed by atoms with Crippen molar-refractivity contribution in [3.05, 3.63) is 11.6 Å². The molecule has 0 aromatic heterocycles. The number of hydrogen-bond acceptors (Lipinski definition) is 4. The average molecular weight is 425 g/mol. The molecule has 0 amide bonds. The van der Waals surface area contributed by atoms with E-state index in [4.69, 9.17) is 6.42 Å². The molecular weight excluding hydrogens is 384 g/mol. The van der Waals surface area contributed by atoms with Crippen LogP contribution in [-0.2, 0) is 0 Å². The van der Waals surface area contributed by atoms with E-state index in [1.54, 1.807) is 0 Å². The van der Waals surface area contributed by atoms with Gasteiger partial charge in [0.2, 0.25) is 0 Å². The van der Waals surface area contributed by atoms with Crippen LogP contribution in [0.25, 0.3) is 0 Å². The number of rotatable bonds is 5. The van der Waals surface area contributed by atoms with Crippen LogP contribution in [0.1, 0.15) is 91.4 Å². The van der Waals surface area contributed by atoms with Crippen LogP contribution in [0.15, 0.2) is 21.9 Å². The molecule has 3 saturated carbocycles. The summed E-state index contributed by atoms with van der Waals surface area (Å²) >= 11 is 0. The first-order valence-electron chi connectivity index (χ1n) is 12.7. The third-order valence-electron chi connectivity index (χ3n) is 10.4. The van der Waals surface area contributed by atoms with Crippen molar-refractivity contribution >= 4 is 0 Å². The Bertz CT molecular complexity index is 833. The molecule has 2 N–H and O–H groups in total. The van der Waals surface area contributed by atoms with Gasteiger partial charge >= 0.3 is 0 Å². The van der Waals surface area contributed by atoms with Crippen LogP contribution in [0, 0.1) is 46.8 Å². The zero-order chi connectivity index (χ0) is 22.1. The standard InChI is InChI=1S/C27H40N2O2/c1-5-27-16-11-19(30)17-18(27)7-8-20-21-9-10-23(24(21,2)15-12-22(20)27)25(3,31)13-6-14-26(4)28-29-26/h1,7,19-23,30-31H,6,8-17H2,2-4H3/t19?,20?,21?,22?,23?,24?,25-,27?/m0/s1. The van der Waals surface area contributed by atoms with Gasteiger partial charge in [-0.05, 0) is 114 Å². The third-order valence-corrected chi connectivity index (χ3v) is 10.4. The summed E-state index contributed by atoms with van der Waals surface area (Å²) in [4.78, 5) is 0. The molecule has 4 nitrogen and oxygen atoms in total. The van der Waals surface area contributed by atoms with E-state index in [1.165, 1.54) is 18.4 Å². The summed E-state index contributed by atoms with van der Waals surface area (Å²) in [5, 5.41) is 30.1. The summed E-state index contributed by atoms with van der Waals surface area (Å²) in [6.45, 7) is 6.64. The molecule has 4 heteroatoms. The zero-order valence-electron chi connectivity index (χ0n) is 19.6. The van der Waals surface area contributed by atoms with E-state index in [-0.39, 0.29) is 22.6 Å². The van der Waals surface area contributed by atoms with E-state index in [0.717, 1.165) is 57.8 Å².